The number of Topliss-reactive ketones (excluding diaryl/α,β-unsaturated/α-hetero) is 1. The minimum absolute atomic E-state index is 0.00549. The summed E-state index contributed by atoms with van der Waals surface area (Å²) < 4.78 is 5.58. The minimum Gasteiger partial charge on any atom is -0.507 e. The molecule has 3 aromatic carbocycles. The van der Waals surface area contributed by atoms with Crippen molar-refractivity contribution >= 4 is 40.1 Å². The Labute approximate surface area is 221 Å². The largest absolute Gasteiger partial charge is 0.507 e. The first-order valence-electron chi connectivity index (χ1n) is 12.5. The Morgan fingerprint density at radius 1 is 1.05 bits per heavy atom. The lowest BCUT2D eigenvalue weighted by atomic mass is 9.95. The Bertz CT molecular complexity index is 1540. The molecule has 38 heavy (non-hydrogen) atoms. The van der Waals surface area contributed by atoms with Gasteiger partial charge >= 0.3 is 5.91 Å². The zero-order valence-electron chi connectivity index (χ0n) is 22.1. The van der Waals surface area contributed by atoms with Crippen LogP contribution in [0.5, 0.6) is 5.75 Å². The second-order valence-corrected chi connectivity index (χ2v) is 9.63. The van der Waals surface area contributed by atoms with Crippen molar-refractivity contribution in [2.75, 3.05) is 30.5 Å². The number of hydrogen-bond donors (Lipinski definition) is 2. The van der Waals surface area contributed by atoms with Crippen molar-refractivity contribution in [2.45, 2.75) is 26.8 Å². The number of aryl methyl sites for hydroxylation is 2. The number of aliphatic hydroxyl groups excluding tert-OH is 1. The molecule has 0 saturated carbocycles. The van der Waals surface area contributed by atoms with E-state index in [0.29, 0.717) is 29.0 Å². The molecule has 8 nitrogen and oxygen atoms in total. The van der Waals surface area contributed by atoms with Gasteiger partial charge < -0.3 is 19.7 Å². The van der Waals surface area contributed by atoms with Gasteiger partial charge in [0.2, 0.25) is 5.95 Å². The fourth-order valence-corrected chi connectivity index (χ4v) is 4.75. The van der Waals surface area contributed by atoms with E-state index in [1.165, 1.54) is 4.90 Å². The van der Waals surface area contributed by atoms with Gasteiger partial charge in [0.25, 0.3) is 5.78 Å². The van der Waals surface area contributed by atoms with Gasteiger partial charge in [0.15, 0.2) is 0 Å². The molecule has 1 fully saturated rings. The molecule has 1 atom stereocenters. The third kappa shape index (κ3) is 4.28. The van der Waals surface area contributed by atoms with Crippen LogP contribution >= 0.6 is 0 Å². The number of carbonyl (C=O) groups excluding carboxylic acids is 2. The topological polar surface area (TPSA) is 98.8 Å². The Morgan fingerprint density at radius 2 is 1.76 bits per heavy atom. The molecule has 1 aliphatic rings. The summed E-state index contributed by atoms with van der Waals surface area (Å²) in [5.41, 5.74) is 5.62. The van der Waals surface area contributed by atoms with Crippen LogP contribution in [0, 0.1) is 13.8 Å². The van der Waals surface area contributed by atoms with Crippen LogP contribution in [0.25, 0.3) is 16.8 Å². The average Bonchev–Trinajstić information content (AvgIpc) is 3.41. The van der Waals surface area contributed by atoms with Gasteiger partial charge in [-0.2, -0.15) is 0 Å². The van der Waals surface area contributed by atoms with Crippen molar-refractivity contribution in [3.05, 3.63) is 88.5 Å². The van der Waals surface area contributed by atoms with Crippen molar-refractivity contribution in [3.63, 3.8) is 0 Å². The summed E-state index contributed by atoms with van der Waals surface area (Å²) in [4.78, 5) is 38.2. The first-order chi connectivity index (χ1) is 18.2. The number of fused-ring (bicyclic) bond motifs is 1. The molecule has 2 heterocycles. The van der Waals surface area contributed by atoms with Gasteiger partial charge in [-0.1, -0.05) is 24.3 Å². The summed E-state index contributed by atoms with van der Waals surface area (Å²) in [6.45, 7) is 6.33. The van der Waals surface area contributed by atoms with Crippen molar-refractivity contribution in [3.8, 4) is 5.75 Å². The van der Waals surface area contributed by atoms with Gasteiger partial charge in [-0.05, 0) is 73.9 Å². The van der Waals surface area contributed by atoms with E-state index in [9.17, 15) is 14.7 Å². The quantitative estimate of drug-likeness (QED) is 0.208. The molecule has 0 radical (unpaired) electrons. The molecule has 1 aliphatic heterocycles. The highest BCUT2D eigenvalue weighted by Gasteiger charge is 2.48. The Hall–Kier alpha value is -4.59. The number of ether oxygens (including phenoxy) is 1. The number of H-pyrrole nitrogens is 1. The van der Waals surface area contributed by atoms with Crippen molar-refractivity contribution in [1.29, 1.82) is 0 Å². The smallest absolute Gasteiger partial charge is 0.302 e. The number of aliphatic hydroxyl groups is 1. The molecule has 194 valence electrons. The molecule has 0 spiro atoms. The highest BCUT2D eigenvalue weighted by atomic mass is 16.5. The van der Waals surface area contributed by atoms with Crippen molar-refractivity contribution < 1.29 is 19.4 Å². The van der Waals surface area contributed by atoms with E-state index in [0.717, 1.165) is 22.3 Å². The number of ketones is 1. The SMILES string of the molecule is CCOc1cccc(/C(O)=C2\C(=O)C(=O)N(c3nc4cc(C)c(C)cc4[nH]3)C2c2ccc(N(C)C)cc2)c1. The van der Waals surface area contributed by atoms with Gasteiger partial charge in [0.05, 0.1) is 29.3 Å². The number of nitrogens with zero attached hydrogens (tertiary/aromatic N) is 3. The number of aromatic nitrogens is 2. The zero-order chi connectivity index (χ0) is 27.1. The first-order valence-corrected chi connectivity index (χ1v) is 12.5. The van der Waals surface area contributed by atoms with Crippen LogP contribution in [-0.2, 0) is 9.59 Å². The van der Waals surface area contributed by atoms with E-state index >= 15 is 0 Å². The predicted octanol–water partition coefficient (Wildman–Crippen LogP) is 5.27. The second-order valence-electron chi connectivity index (χ2n) is 9.63. The fraction of sp³-hybridized carbons (Fsp3) is 0.233. The standard InChI is InChI=1S/C30H30N4O4/c1-6-38-22-9-7-8-20(16-22)27(35)25-26(19-10-12-21(13-11-19)33(4)5)34(29(37)28(25)36)30-31-23-14-17(2)18(3)15-24(23)32-30/h7-16,26,35H,6H2,1-5H3,(H,31,32)/b27-25+. The summed E-state index contributed by atoms with van der Waals surface area (Å²) in [5, 5.41) is 11.4. The number of anilines is 2. The maximum atomic E-state index is 13.5. The molecule has 8 heteroatoms. The molecule has 0 bridgehead atoms. The van der Waals surface area contributed by atoms with Crippen molar-refractivity contribution in [1.82, 2.24) is 9.97 Å². The summed E-state index contributed by atoms with van der Waals surface area (Å²) in [7, 11) is 3.87. The van der Waals surface area contributed by atoms with Crippen LogP contribution in [-0.4, -0.2) is 47.5 Å². The number of aromatic amines is 1. The van der Waals surface area contributed by atoms with Crippen LogP contribution in [0.1, 0.15) is 35.2 Å². The second kappa shape index (κ2) is 9.70. The molecule has 1 saturated heterocycles. The monoisotopic (exact) mass is 510 g/mol. The molecular formula is C30H30N4O4. The highest BCUT2D eigenvalue weighted by Crippen LogP contribution is 2.42. The molecule has 0 aliphatic carbocycles. The normalized spacial score (nSPS) is 16.9. The number of benzene rings is 3. The van der Waals surface area contributed by atoms with E-state index in [4.69, 9.17) is 4.74 Å². The Morgan fingerprint density at radius 3 is 2.45 bits per heavy atom. The molecule has 4 aromatic rings. The minimum atomic E-state index is -0.885. The zero-order valence-corrected chi connectivity index (χ0v) is 22.1. The lowest BCUT2D eigenvalue weighted by Gasteiger charge is -2.24. The number of amides is 1. The maximum absolute atomic E-state index is 13.5. The number of carbonyl (C=O) groups is 2. The van der Waals surface area contributed by atoms with Gasteiger partial charge in [-0.15, -0.1) is 0 Å². The van der Waals surface area contributed by atoms with E-state index < -0.39 is 17.7 Å². The average molecular weight is 511 g/mol. The predicted molar refractivity (Wildman–Crippen MR) is 149 cm³/mol. The van der Waals surface area contributed by atoms with Gasteiger partial charge in [-0.25, -0.2) is 4.98 Å². The van der Waals surface area contributed by atoms with E-state index in [-0.39, 0.29) is 17.3 Å². The van der Waals surface area contributed by atoms with Gasteiger partial charge in [-0.3, -0.25) is 14.5 Å². The van der Waals surface area contributed by atoms with Crippen molar-refractivity contribution in [2.24, 2.45) is 0 Å². The number of rotatable bonds is 6. The van der Waals surface area contributed by atoms with E-state index in [2.05, 4.69) is 9.97 Å². The molecule has 2 N–H and O–H groups in total. The van der Waals surface area contributed by atoms with Crippen LogP contribution < -0.4 is 14.5 Å². The van der Waals surface area contributed by atoms with Gasteiger partial charge in [0.1, 0.15) is 11.5 Å². The van der Waals surface area contributed by atoms with Crippen LogP contribution in [0.3, 0.4) is 0 Å². The number of imidazole rings is 1. The highest BCUT2D eigenvalue weighted by molar-refractivity contribution is 6.51. The number of nitrogens with one attached hydrogen (secondary N) is 1. The molecule has 5 rings (SSSR count). The summed E-state index contributed by atoms with van der Waals surface area (Å²) in [5.74, 6) is -1.01. The lowest BCUT2D eigenvalue weighted by molar-refractivity contribution is -0.132. The fourth-order valence-electron chi connectivity index (χ4n) is 4.75. The molecule has 1 amide bonds. The first kappa shape index (κ1) is 25.1. The van der Waals surface area contributed by atoms with E-state index in [1.807, 2.05) is 76.2 Å². The summed E-state index contributed by atoms with van der Waals surface area (Å²) in [6.07, 6.45) is 0. The molecule has 1 aromatic heterocycles. The molecular weight excluding hydrogens is 480 g/mol. The van der Waals surface area contributed by atoms with Crippen LogP contribution in [0.4, 0.5) is 11.6 Å². The Balaban J connectivity index is 1.71. The summed E-state index contributed by atoms with van der Waals surface area (Å²) >= 11 is 0. The van der Waals surface area contributed by atoms with Crippen LogP contribution in [0.2, 0.25) is 0 Å². The third-order valence-electron chi connectivity index (χ3n) is 6.90. The maximum Gasteiger partial charge on any atom is 0.302 e. The Kier molecular flexibility index (Phi) is 6.40. The number of hydrogen-bond acceptors (Lipinski definition) is 6. The summed E-state index contributed by atoms with van der Waals surface area (Å²) in [6, 6.07) is 17.4. The molecule has 1 unspecified atom stereocenters. The third-order valence-corrected chi connectivity index (χ3v) is 6.90. The van der Waals surface area contributed by atoms with Crippen LogP contribution in [0.15, 0.2) is 66.2 Å². The van der Waals surface area contributed by atoms with Gasteiger partial charge in [0, 0.05) is 25.3 Å². The lowest BCUT2D eigenvalue weighted by Crippen LogP contribution is -2.30. The van der Waals surface area contributed by atoms with E-state index in [1.54, 1.807) is 24.3 Å².